The first-order valence-electron chi connectivity index (χ1n) is 8.57. The number of aromatic nitrogens is 2. The van der Waals surface area contributed by atoms with Crippen LogP contribution in [0.1, 0.15) is 29.9 Å². The third-order valence-electron chi connectivity index (χ3n) is 3.98. The Morgan fingerprint density at radius 1 is 1.26 bits per heavy atom. The molecule has 1 aliphatic heterocycles. The Morgan fingerprint density at radius 3 is 2.93 bits per heavy atom. The molecule has 3 aromatic rings. The van der Waals surface area contributed by atoms with E-state index in [2.05, 4.69) is 15.5 Å². The van der Waals surface area contributed by atoms with Crippen molar-refractivity contribution in [1.29, 1.82) is 0 Å². The van der Waals surface area contributed by atoms with Gasteiger partial charge in [-0.3, -0.25) is 0 Å². The molecule has 0 spiro atoms. The predicted molar refractivity (Wildman–Crippen MR) is 105 cm³/mol. The lowest BCUT2D eigenvalue weighted by molar-refractivity contribution is -0.112. The summed E-state index contributed by atoms with van der Waals surface area (Å²) in [5, 5.41) is 12.2. The van der Waals surface area contributed by atoms with Crippen LogP contribution in [0.3, 0.4) is 0 Å². The fourth-order valence-electron chi connectivity index (χ4n) is 2.79. The lowest BCUT2D eigenvalue weighted by atomic mass is 10.1. The zero-order chi connectivity index (χ0) is 18.6. The SMILES string of the molecule is CCNc1nnc(SCc2cc(F)cc3c2O[C@H](c2ccccc2)OC3)s1. The van der Waals surface area contributed by atoms with E-state index < -0.39 is 6.29 Å². The number of hydrogen-bond donors (Lipinski definition) is 1. The van der Waals surface area contributed by atoms with Gasteiger partial charge in [-0.15, -0.1) is 10.2 Å². The second-order valence-corrected chi connectivity index (χ2v) is 8.12. The molecule has 8 heteroatoms. The van der Waals surface area contributed by atoms with E-state index in [0.717, 1.165) is 32.7 Å². The predicted octanol–water partition coefficient (Wildman–Crippen LogP) is 5.01. The number of hydrogen-bond acceptors (Lipinski definition) is 7. The Morgan fingerprint density at radius 2 is 2.11 bits per heavy atom. The molecule has 0 amide bonds. The van der Waals surface area contributed by atoms with Gasteiger partial charge in [0.25, 0.3) is 0 Å². The molecule has 4 rings (SSSR count). The van der Waals surface area contributed by atoms with Crippen LogP contribution >= 0.6 is 23.1 Å². The van der Waals surface area contributed by atoms with Crippen molar-refractivity contribution in [3.05, 3.63) is 65.0 Å². The van der Waals surface area contributed by atoms with Crippen LogP contribution in [-0.2, 0) is 17.1 Å². The summed E-state index contributed by atoms with van der Waals surface area (Å²) in [6.45, 7) is 3.12. The first-order chi connectivity index (χ1) is 13.2. The Kier molecular flexibility index (Phi) is 5.56. The summed E-state index contributed by atoms with van der Waals surface area (Å²) in [6, 6.07) is 12.7. The fourth-order valence-corrected chi connectivity index (χ4v) is 4.58. The van der Waals surface area contributed by atoms with Gasteiger partial charge in [-0.05, 0) is 19.1 Å². The molecular weight excluding hydrogens is 385 g/mol. The van der Waals surface area contributed by atoms with Gasteiger partial charge >= 0.3 is 0 Å². The maximum absolute atomic E-state index is 14.0. The number of fused-ring (bicyclic) bond motifs is 1. The molecule has 0 saturated carbocycles. The fraction of sp³-hybridized carbons (Fsp3) is 0.263. The minimum absolute atomic E-state index is 0.291. The second-order valence-electron chi connectivity index (χ2n) is 5.92. The molecule has 2 aromatic carbocycles. The molecule has 2 heterocycles. The van der Waals surface area contributed by atoms with E-state index in [1.807, 2.05) is 37.3 Å². The second kappa shape index (κ2) is 8.24. The van der Waals surface area contributed by atoms with Crippen LogP contribution in [0.15, 0.2) is 46.8 Å². The molecular formula is C19H18FN3O2S2. The van der Waals surface area contributed by atoms with Crippen molar-refractivity contribution in [2.24, 2.45) is 0 Å². The van der Waals surface area contributed by atoms with Crippen LogP contribution < -0.4 is 10.1 Å². The Bertz CT molecular complexity index is 921. The highest BCUT2D eigenvalue weighted by molar-refractivity contribution is 8.00. The lowest BCUT2D eigenvalue weighted by Crippen LogP contribution is -2.19. The van der Waals surface area contributed by atoms with Crippen LogP contribution in [0.5, 0.6) is 5.75 Å². The van der Waals surface area contributed by atoms with Gasteiger partial charge in [-0.1, -0.05) is 53.4 Å². The van der Waals surface area contributed by atoms with E-state index in [1.165, 1.54) is 35.2 Å². The third kappa shape index (κ3) is 4.23. The normalized spacial score (nSPS) is 15.9. The van der Waals surface area contributed by atoms with Crippen molar-refractivity contribution >= 4 is 28.2 Å². The van der Waals surface area contributed by atoms with Crippen molar-refractivity contribution in [2.75, 3.05) is 11.9 Å². The van der Waals surface area contributed by atoms with E-state index in [4.69, 9.17) is 9.47 Å². The summed E-state index contributed by atoms with van der Waals surface area (Å²) in [6.07, 6.45) is -0.491. The maximum Gasteiger partial charge on any atom is 0.227 e. The smallest absolute Gasteiger partial charge is 0.227 e. The Balaban J connectivity index is 1.54. The van der Waals surface area contributed by atoms with Crippen molar-refractivity contribution in [1.82, 2.24) is 10.2 Å². The van der Waals surface area contributed by atoms with Crippen LogP contribution in [0.4, 0.5) is 9.52 Å². The van der Waals surface area contributed by atoms with Gasteiger partial charge in [0, 0.05) is 29.0 Å². The summed E-state index contributed by atoms with van der Waals surface area (Å²) in [5.41, 5.74) is 2.45. The third-order valence-corrected chi connectivity index (χ3v) is 6.04. The van der Waals surface area contributed by atoms with E-state index in [0.29, 0.717) is 18.1 Å². The van der Waals surface area contributed by atoms with Crippen LogP contribution in [0.25, 0.3) is 0 Å². The molecule has 0 fully saturated rings. The van der Waals surface area contributed by atoms with Crippen molar-refractivity contribution in [2.45, 2.75) is 29.9 Å². The lowest BCUT2D eigenvalue weighted by Gasteiger charge is -2.28. The summed E-state index contributed by atoms with van der Waals surface area (Å²) in [4.78, 5) is 0. The summed E-state index contributed by atoms with van der Waals surface area (Å²) in [7, 11) is 0. The van der Waals surface area contributed by atoms with Gasteiger partial charge in [-0.2, -0.15) is 0 Å². The molecule has 5 nitrogen and oxygen atoms in total. The number of nitrogens with one attached hydrogen (secondary N) is 1. The molecule has 1 N–H and O–H groups in total. The van der Waals surface area contributed by atoms with Crippen molar-refractivity contribution in [3.8, 4) is 5.75 Å². The van der Waals surface area contributed by atoms with E-state index in [9.17, 15) is 4.39 Å². The first kappa shape index (κ1) is 18.2. The highest BCUT2D eigenvalue weighted by atomic mass is 32.2. The van der Waals surface area contributed by atoms with Gasteiger partial charge in [0.15, 0.2) is 4.34 Å². The first-order valence-corrected chi connectivity index (χ1v) is 10.4. The van der Waals surface area contributed by atoms with Gasteiger partial charge in [-0.25, -0.2) is 4.39 Å². The number of ether oxygens (including phenoxy) is 2. The minimum atomic E-state index is -0.491. The molecule has 1 atom stereocenters. The summed E-state index contributed by atoms with van der Waals surface area (Å²) >= 11 is 3.00. The molecule has 0 unspecified atom stereocenters. The zero-order valence-corrected chi connectivity index (χ0v) is 16.3. The molecule has 0 radical (unpaired) electrons. The monoisotopic (exact) mass is 403 g/mol. The number of anilines is 1. The zero-order valence-electron chi connectivity index (χ0n) is 14.6. The number of nitrogens with zero attached hydrogens (tertiary/aromatic N) is 2. The maximum atomic E-state index is 14.0. The highest BCUT2D eigenvalue weighted by Crippen LogP contribution is 2.39. The number of halogens is 1. The summed E-state index contributed by atoms with van der Waals surface area (Å²) in [5.74, 6) is 0.947. The van der Waals surface area contributed by atoms with Crippen LogP contribution in [0, 0.1) is 5.82 Å². The molecule has 140 valence electrons. The Labute approximate surface area is 164 Å². The highest BCUT2D eigenvalue weighted by Gasteiger charge is 2.25. The molecule has 27 heavy (non-hydrogen) atoms. The molecule has 0 aliphatic carbocycles. The quantitative estimate of drug-likeness (QED) is 0.584. The number of thioether (sulfide) groups is 1. The number of benzene rings is 2. The van der Waals surface area contributed by atoms with E-state index in [1.54, 1.807) is 0 Å². The average molecular weight is 404 g/mol. The standard InChI is InChI=1S/C19H18FN3O2S2/c1-2-21-18-22-23-19(27-18)26-11-14-9-15(20)8-13-10-24-17(25-16(13)14)12-6-4-3-5-7-12/h3-9,17H,2,10-11H2,1H3,(H,21,22)/t17-/m1/s1. The van der Waals surface area contributed by atoms with Crippen molar-refractivity contribution < 1.29 is 13.9 Å². The van der Waals surface area contributed by atoms with Gasteiger partial charge in [0.2, 0.25) is 11.4 Å². The average Bonchev–Trinajstić information content (AvgIpc) is 3.14. The molecule has 1 aliphatic rings. The van der Waals surface area contributed by atoms with E-state index in [-0.39, 0.29) is 5.82 Å². The van der Waals surface area contributed by atoms with Gasteiger partial charge in [0.1, 0.15) is 11.6 Å². The molecule has 0 saturated heterocycles. The largest absolute Gasteiger partial charge is 0.460 e. The van der Waals surface area contributed by atoms with Crippen LogP contribution in [-0.4, -0.2) is 16.7 Å². The van der Waals surface area contributed by atoms with Crippen LogP contribution in [0.2, 0.25) is 0 Å². The summed E-state index contributed by atoms with van der Waals surface area (Å²) < 4.78 is 26.7. The van der Waals surface area contributed by atoms with E-state index >= 15 is 0 Å². The Hall–Kier alpha value is -2.16. The molecule has 0 bridgehead atoms. The van der Waals surface area contributed by atoms with Gasteiger partial charge in [0.05, 0.1) is 6.61 Å². The minimum Gasteiger partial charge on any atom is -0.460 e. The van der Waals surface area contributed by atoms with Crippen molar-refractivity contribution in [3.63, 3.8) is 0 Å². The number of rotatable bonds is 6. The molecule has 1 aromatic heterocycles. The van der Waals surface area contributed by atoms with Gasteiger partial charge < -0.3 is 14.8 Å². The topological polar surface area (TPSA) is 56.3 Å².